The van der Waals surface area contributed by atoms with Crippen LogP contribution in [0.25, 0.3) is 0 Å². The monoisotopic (exact) mass is 195 g/mol. The number of rotatable bonds is 5. The highest BCUT2D eigenvalue weighted by molar-refractivity contribution is 4.80. The molecular weight excluding hydrogens is 179 g/mol. The molecule has 0 fully saturated rings. The Bertz CT molecular complexity index is 153. The average molecular weight is 195 g/mol. The summed E-state index contributed by atoms with van der Waals surface area (Å²) in [7, 11) is 1.66. The minimum Gasteiger partial charge on any atom is -0.317 e. The van der Waals surface area contributed by atoms with Gasteiger partial charge in [0.2, 0.25) is 0 Å². The summed E-state index contributed by atoms with van der Waals surface area (Å²) in [5.41, 5.74) is 0. The molecule has 1 nitrogen and oxygen atoms in total. The molecule has 0 aliphatic carbocycles. The second-order valence-electron chi connectivity index (χ2n) is 3.19. The van der Waals surface area contributed by atoms with Crippen molar-refractivity contribution >= 4 is 0 Å². The number of hydrogen-bond donors (Lipinski definition) is 1. The zero-order valence-electron chi connectivity index (χ0n) is 7.99. The molecule has 0 aromatic heterocycles. The van der Waals surface area contributed by atoms with Gasteiger partial charge in [-0.15, -0.1) is 6.58 Å². The standard InChI is InChI=1S/C9H16F3N/c1-4-5-8(13-3)6-7(2)9(10,11)12/h4,7-8,13H,1,5-6H2,2-3H3. The van der Waals surface area contributed by atoms with Gasteiger partial charge in [-0.1, -0.05) is 13.0 Å². The van der Waals surface area contributed by atoms with E-state index in [1.54, 1.807) is 13.1 Å². The van der Waals surface area contributed by atoms with E-state index in [-0.39, 0.29) is 12.5 Å². The molecule has 78 valence electrons. The molecule has 0 radical (unpaired) electrons. The van der Waals surface area contributed by atoms with Crippen LogP contribution in [0.4, 0.5) is 13.2 Å². The fourth-order valence-corrected chi connectivity index (χ4v) is 1.09. The molecule has 2 atom stereocenters. The van der Waals surface area contributed by atoms with Gasteiger partial charge in [0.1, 0.15) is 0 Å². The first-order chi connectivity index (χ1) is 5.91. The van der Waals surface area contributed by atoms with Gasteiger partial charge >= 0.3 is 6.18 Å². The Morgan fingerprint density at radius 2 is 2.00 bits per heavy atom. The summed E-state index contributed by atoms with van der Waals surface area (Å²) in [6.07, 6.45) is -1.79. The molecule has 0 spiro atoms. The van der Waals surface area contributed by atoms with Crippen LogP contribution in [0.3, 0.4) is 0 Å². The fraction of sp³-hybridized carbons (Fsp3) is 0.778. The highest BCUT2D eigenvalue weighted by atomic mass is 19.4. The van der Waals surface area contributed by atoms with Gasteiger partial charge in [0, 0.05) is 6.04 Å². The maximum atomic E-state index is 12.1. The predicted octanol–water partition coefficient (Wildman–Crippen LogP) is 2.74. The van der Waals surface area contributed by atoms with Gasteiger partial charge in [0.05, 0.1) is 5.92 Å². The van der Waals surface area contributed by atoms with Crippen molar-refractivity contribution in [1.82, 2.24) is 5.32 Å². The molecule has 13 heavy (non-hydrogen) atoms. The Balaban J connectivity index is 4.00. The molecule has 0 amide bonds. The average Bonchev–Trinajstić information content (AvgIpc) is 2.01. The minimum absolute atomic E-state index is 0.103. The normalized spacial score (nSPS) is 16.7. The zero-order chi connectivity index (χ0) is 10.5. The van der Waals surface area contributed by atoms with Gasteiger partial charge < -0.3 is 5.32 Å². The smallest absolute Gasteiger partial charge is 0.317 e. The topological polar surface area (TPSA) is 12.0 Å². The van der Waals surface area contributed by atoms with Crippen molar-refractivity contribution in [3.05, 3.63) is 12.7 Å². The maximum absolute atomic E-state index is 12.1. The summed E-state index contributed by atoms with van der Waals surface area (Å²) in [5.74, 6) is -1.26. The van der Waals surface area contributed by atoms with Crippen LogP contribution in [-0.4, -0.2) is 19.3 Å². The van der Waals surface area contributed by atoms with Crippen molar-refractivity contribution < 1.29 is 13.2 Å². The molecule has 0 rings (SSSR count). The molecule has 1 N–H and O–H groups in total. The Morgan fingerprint density at radius 1 is 1.46 bits per heavy atom. The quantitative estimate of drug-likeness (QED) is 0.665. The van der Waals surface area contributed by atoms with Gasteiger partial charge in [-0.05, 0) is 19.9 Å². The first-order valence-electron chi connectivity index (χ1n) is 4.26. The second kappa shape index (κ2) is 5.27. The van der Waals surface area contributed by atoms with Crippen LogP contribution in [0, 0.1) is 5.92 Å². The molecular formula is C9H16F3N. The summed E-state index contributed by atoms with van der Waals surface area (Å²) in [5, 5.41) is 2.83. The van der Waals surface area contributed by atoms with Crippen LogP contribution < -0.4 is 5.32 Å². The summed E-state index contributed by atoms with van der Waals surface area (Å²) in [4.78, 5) is 0. The summed E-state index contributed by atoms with van der Waals surface area (Å²) >= 11 is 0. The lowest BCUT2D eigenvalue weighted by molar-refractivity contribution is -0.172. The number of alkyl halides is 3. The Labute approximate surface area is 77.0 Å². The van der Waals surface area contributed by atoms with Crippen LogP contribution in [0.15, 0.2) is 12.7 Å². The minimum atomic E-state index is -4.09. The summed E-state index contributed by atoms with van der Waals surface area (Å²) in [6.45, 7) is 4.70. The number of halogens is 3. The van der Waals surface area contributed by atoms with Crippen LogP contribution in [0.2, 0.25) is 0 Å². The van der Waals surface area contributed by atoms with E-state index < -0.39 is 12.1 Å². The van der Waals surface area contributed by atoms with E-state index in [0.717, 1.165) is 0 Å². The Hall–Kier alpha value is -0.510. The van der Waals surface area contributed by atoms with Gasteiger partial charge in [0.25, 0.3) is 0 Å². The molecule has 2 unspecified atom stereocenters. The predicted molar refractivity (Wildman–Crippen MR) is 47.5 cm³/mol. The van der Waals surface area contributed by atoms with Crippen molar-refractivity contribution in [2.45, 2.75) is 32.0 Å². The summed E-state index contributed by atoms with van der Waals surface area (Å²) in [6, 6.07) is -0.130. The van der Waals surface area contributed by atoms with E-state index in [4.69, 9.17) is 0 Å². The first kappa shape index (κ1) is 12.5. The van der Waals surface area contributed by atoms with Crippen molar-refractivity contribution in [2.24, 2.45) is 5.92 Å². The van der Waals surface area contributed by atoms with Crippen molar-refractivity contribution in [1.29, 1.82) is 0 Å². The van der Waals surface area contributed by atoms with Crippen molar-refractivity contribution in [3.63, 3.8) is 0 Å². The molecule has 0 saturated carbocycles. The maximum Gasteiger partial charge on any atom is 0.391 e. The van der Waals surface area contributed by atoms with E-state index >= 15 is 0 Å². The lowest BCUT2D eigenvalue weighted by Gasteiger charge is -2.21. The molecule has 0 bridgehead atoms. The van der Waals surface area contributed by atoms with Crippen LogP contribution in [-0.2, 0) is 0 Å². The van der Waals surface area contributed by atoms with Gasteiger partial charge in [-0.3, -0.25) is 0 Å². The third-order valence-corrected chi connectivity index (χ3v) is 2.06. The number of nitrogens with one attached hydrogen (secondary N) is 1. The van der Waals surface area contributed by atoms with E-state index in [9.17, 15) is 13.2 Å². The lowest BCUT2D eigenvalue weighted by Crippen LogP contribution is -2.31. The fourth-order valence-electron chi connectivity index (χ4n) is 1.09. The third kappa shape index (κ3) is 4.93. The molecule has 0 saturated heterocycles. The zero-order valence-corrected chi connectivity index (χ0v) is 7.99. The largest absolute Gasteiger partial charge is 0.391 e. The SMILES string of the molecule is C=CCC(CC(C)C(F)(F)F)NC. The van der Waals surface area contributed by atoms with Crippen LogP contribution in [0.1, 0.15) is 19.8 Å². The molecule has 0 heterocycles. The van der Waals surface area contributed by atoms with Crippen LogP contribution in [0.5, 0.6) is 0 Å². The van der Waals surface area contributed by atoms with E-state index in [0.29, 0.717) is 6.42 Å². The van der Waals surface area contributed by atoms with E-state index in [1.807, 2.05) is 0 Å². The third-order valence-electron chi connectivity index (χ3n) is 2.06. The highest BCUT2D eigenvalue weighted by Gasteiger charge is 2.36. The first-order valence-corrected chi connectivity index (χ1v) is 4.26. The highest BCUT2D eigenvalue weighted by Crippen LogP contribution is 2.29. The summed E-state index contributed by atoms with van der Waals surface area (Å²) < 4.78 is 36.4. The lowest BCUT2D eigenvalue weighted by atomic mass is 9.99. The van der Waals surface area contributed by atoms with Crippen LogP contribution >= 0.6 is 0 Å². The van der Waals surface area contributed by atoms with Gasteiger partial charge in [-0.2, -0.15) is 13.2 Å². The van der Waals surface area contributed by atoms with Crippen molar-refractivity contribution in [3.8, 4) is 0 Å². The van der Waals surface area contributed by atoms with E-state index in [2.05, 4.69) is 11.9 Å². The molecule has 4 heteroatoms. The van der Waals surface area contributed by atoms with Gasteiger partial charge in [0.15, 0.2) is 0 Å². The molecule has 0 aromatic carbocycles. The van der Waals surface area contributed by atoms with Crippen molar-refractivity contribution in [2.75, 3.05) is 7.05 Å². The Morgan fingerprint density at radius 3 is 2.31 bits per heavy atom. The molecule has 0 aliphatic heterocycles. The number of hydrogen-bond acceptors (Lipinski definition) is 1. The Kier molecular flexibility index (Phi) is 5.06. The molecule has 0 aromatic rings. The van der Waals surface area contributed by atoms with E-state index in [1.165, 1.54) is 6.92 Å². The van der Waals surface area contributed by atoms with Gasteiger partial charge in [-0.25, -0.2) is 0 Å². The second-order valence-corrected chi connectivity index (χ2v) is 3.19. The molecule has 0 aliphatic rings.